The molecule has 1 amide bonds. The molecular weight excluding hydrogens is 156 g/mol. The summed E-state index contributed by atoms with van der Waals surface area (Å²) < 4.78 is 5.14. The highest BCUT2D eigenvalue weighted by Gasteiger charge is 2.61. The van der Waals surface area contributed by atoms with Crippen LogP contribution in [0.4, 0.5) is 4.79 Å². The van der Waals surface area contributed by atoms with Gasteiger partial charge in [0, 0.05) is 5.41 Å². The number of rotatable bonds is 0. The van der Waals surface area contributed by atoms with E-state index >= 15 is 0 Å². The third kappa shape index (κ3) is 0.629. The van der Waals surface area contributed by atoms with E-state index in [1.807, 2.05) is 13.8 Å². The standard InChI is InChI=1S/C8H12N2O2/c1-7(2)3-4-8(7)5(9)10-6(11)12-8/h3-4H2,1-2H3,(H2,9,10,11). The second kappa shape index (κ2) is 1.81. The van der Waals surface area contributed by atoms with Crippen molar-refractivity contribution >= 4 is 11.9 Å². The number of amidine groups is 1. The number of hydrogen-bond donors (Lipinski definition) is 1. The van der Waals surface area contributed by atoms with Crippen molar-refractivity contribution in [3.05, 3.63) is 0 Å². The molecule has 0 aromatic rings. The summed E-state index contributed by atoms with van der Waals surface area (Å²) in [7, 11) is 0. The van der Waals surface area contributed by atoms with Gasteiger partial charge in [0.15, 0.2) is 11.4 Å². The minimum atomic E-state index is -0.579. The van der Waals surface area contributed by atoms with E-state index in [1.54, 1.807) is 0 Å². The van der Waals surface area contributed by atoms with Crippen molar-refractivity contribution in [1.29, 1.82) is 0 Å². The van der Waals surface area contributed by atoms with Crippen LogP contribution >= 0.6 is 0 Å². The Morgan fingerprint density at radius 1 is 1.50 bits per heavy atom. The van der Waals surface area contributed by atoms with Gasteiger partial charge in [0.05, 0.1) is 0 Å². The molecule has 66 valence electrons. The molecule has 1 unspecified atom stereocenters. The summed E-state index contributed by atoms with van der Waals surface area (Å²) in [5.41, 5.74) is 5.02. The van der Waals surface area contributed by atoms with Gasteiger partial charge in [0.25, 0.3) is 0 Å². The second-order valence-electron chi connectivity index (χ2n) is 4.08. The average Bonchev–Trinajstić information content (AvgIpc) is 2.26. The fourth-order valence-corrected chi connectivity index (χ4v) is 1.93. The van der Waals surface area contributed by atoms with Crippen LogP contribution in [0.3, 0.4) is 0 Å². The predicted molar refractivity (Wildman–Crippen MR) is 43.8 cm³/mol. The minimum Gasteiger partial charge on any atom is -0.433 e. The van der Waals surface area contributed by atoms with E-state index in [9.17, 15) is 4.79 Å². The van der Waals surface area contributed by atoms with Crippen LogP contribution in [-0.2, 0) is 4.74 Å². The third-order valence-corrected chi connectivity index (χ3v) is 3.08. The lowest BCUT2D eigenvalue weighted by Gasteiger charge is -2.51. The normalized spacial score (nSPS) is 37.5. The number of hydrogen-bond acceptors (Lipinski definition) is 3. The van der Waals surface area contributed by atoms with Crippen molar-refractivity contribution in [2.45, 2.75) is 32.3 Å². The molecule has 2 aliphatic rings. The molecule has 1 spiro atoms. The Morgan fingerprint density at radius 3 is 2.33 bits per heavy atom. The topological polar surface area (TPSA) is 64.7 Å². The second-order valence-corrected chi connectivity index (χ2v) is 4.08. The molecule has 0 radical (unpaired) electrons. The fourth-order valence-electron chi connectivity index (χ4n) is 1.93. The van der Waals surface area contributed by atoms with Crippen LogP contribution in [0.1, 0.15) is 26.7 Å². The Bertz CT molecular complexity index is 283. The molecule has 0 bridgehead atoms. The molecule has 0 aromatic carbocycles. The SMILES string of the molecule is CC1(C)CCC12OC(=O)N=C2N. The van der Waals surface area contributed by atoms with Gasteiger partial charge in [-0.3, -0.25) is 0 Å². The molecule has 1 aliphatic heterocycles. The van der Waals surface area contributed by atoms with Crippen LogP contribution in [-0.4, -0.2) is 17.5 Å². The minimum absolute atomic E-state index is 0.0489. The first-order valence-corrected chi connectivity index (χ1v) is 4.06. The number of aliphatic imine (C=N–C) groups is 1. The van der Waals surface area contributed by atoms with Crippen LogP contribution in [0.2, 0.25) is 0 Å². The highest BCUT2D eigenvalue weighted by atomic mass is 16.6. The molecule has 2 rings (SSSR count). The molecule has 1 atom stereocenters. The summed E-state index contributed by atoms with van der Waals surface area (Å²) in [5, 5.41) is 0. The molecule has 1 fully saturated rings. The number of ether oxygens (including phenoxy) is 1. The van der Waals surface area contributed by atoms with Crippen molar-refractivity contribution in [2.75, 3.05) is 0 Å². The highest BCUT2D eigenvalue weighted by molar-refractivity contribution is 6.03. The Kier molecular flexibility index (Phi) is 1.14. The van der Waals surface area contributed by atoms with Crippen molar-refractivity contribution in [1.82, 2.24) is 0 Å². The summed E-state index contributed by atoms with van der Waals surface area (Å²) in [4.78, 5) is 14.5. The lowest BCUT2D eigenvalue weighted by molar-refractivity contribution is -0.0868. The summed E-state index contributed by atoms with van der Waals surface area (Å²) in [5.74, 6) is 0.351. The molecule has 1 saturated carbocycles. The summed E-state index contributed by atoms with van der Waals surface area (Å²) >= 11 is 0. The van der Waals surface area contributed by atoms with Gasteiger partial charge in [-0.1, -0.05) is 13.8 Å². The number of carbonyl (C=O) groups is 1. The van der Waals surface area contributed by atoms with Crippen LogP contribution < -0.4 is 5.73 Å². The molecule has 0 aromatic heterocycles. The van der Waals surface area contributed by atoms with Gasteiger partial charge in [-0.2, -0.15) is 4.99 Å². The first-order chi connectivity index (χ1) is 5.48. The zero-order chi connectivity index (χ0) is 8.98. The zero-order valence-corrected chi connectivity index (χ0v) is 7.26. The Labute approximate surface area is 70.8 Å². The van der Waals surface area contributed by atoms with Gasteiger partial charge in [-0.05, 0) is 12.8 Å². The monoisotopic (exact) mass is 168 g/mol. The molecule has 4 heteroatoms. The van der Waals surface area contributed by atoms with Crippen molar-refractivity contribution < 1.29 is 9.53 Å². The van der Waals surface area contributed by atoms with Crippen LogP contribution in [0.25, 0.3) is 0 Å². The smallest absolute Gasteiger partial charge is 0.433 e. The maximum atomic E-state index is 10.9. The van der Waals surface area contributed by atoms with E-state index < -0.39 is 11.7 Å². The van der Waals surface area contributed by atoms with Crippen molar-refractivity contribution in [3.63, 3.8) is 0 Å². The maximum Gasteiger partial charge on any atom is 0.436 e. The fraction of sp³-hybridized carbons (Fsp3) is 0.750. The summed E-state index contributed by atoms with van der Waals surface area (Å²) in [6, 6.07) is 0. The van der Waals surface area contributed by atoms with Gasteiger partial charge in [-0.15, -0.1) is 0 Å². The molecule has 0 saturated heterocycles. The molecule has 2 N–H and O–H groups in total. The van der Waals surface area contributed by atoms with E-state index in [1.165, 1.54) is 0 Å². The first kappa shape index (κ1) is 7.58. The zero-order valence-electron chi connectivity index (χ0n) is 7.26. The van der Waals surface area contributed by atoms with Crippen LogP contribution in [0.15, 0.2) is 4.99 Å². The van der Waals surface area contributed by atoms with Gasteiger partial charge in [-0.25, -0.2) is 4.79 Å². The van der Waals surface area contributed by atoms with Gasteiger partial charge in [0.1, 0.15) is 0 Å². The van der Waals surface area contributed by atoms with E-state index in [0.717, 1.165) is 12.8 Å². The van der Waals surface area contributed by atoms with E-state index in [0.29, 0.717) is 5.84 Å². The lowest BCUT2D eigenvalue weighted by Crippen LogP contribution is -2.61. The number of nitrogens with zero attached hydrogens (tertiary/aromatic N) is 1. The average molecular weight is 168 g/mol. The summed E-state index contributed by atoms with van der Waals surface area (Å²) in [6.45, 7) is 4.08. The van der Waals surface area contributed by atoms with Crippen molar-refractivity contribution in [2.24, 2.45) is 16.1 Å². The number of carbonyl (C=O) groups excluding carboxylic acids is 1. The van der Waals surface area contributed by atoms with Gasteiger partial charge >= 0.3 is 6.09 Å². The summed E-state index contributed by atoms with van der Waals surface area (Å²) in [6.07, 6.45) is 1.29. The van der Waals surface area contributed by atoms with E-state index in [-0.39, 0.29) is 5.41 Å². The van der Waals surface area contributed by atoms with Crippen LogP contribution in [0, 0.1) is 5.41 Å². The predicted octanol–water partition coefficient (Wildman–Crippen LogP) is 1.05. The first-order valence-electron chi connectivity index (χ1n) is 4.06. The van der Waals surface area contributed by atoms with Crippen molar-refractivity contribution in [3.8, 4) is 0 Å². The largest absolute Gasteiger partial charge is 0.436 e. The third-order valence-electron chi connectivity index (χ3n) is 3.08. The molecule has 1 aliphatic carbocycles. The van der Waals surface area contributed by atoms with Gasteiger partial charge in [0.2, 0.25) is 0 Å². The number of amides is 1. The Morgan fingerprint density at radius 2 is 2.17 bits per heavy atom. The molecule has 12 heavy (non-hydrogen) atoms. The molecular formula is C8H12N2O2. The Hall–Kier alpha value is -1.06. The van der Waals surface area contributed by atoms with E-state index in [4.69, 9.17) is 10.5 Å². The van der Waals surface area contributed by atoms with Gasteiger partial charge < -0.3 is 10.5 Å². The lowest BCUT2D eigenvalue weighted by atomic mass is 9.58. The number of nitrogens with two attached hydrogens (primary N) is 1. The van der Waals surface area contributed by atoms with E-state index in [2.05, 4.69) is 4.99 Å². The Balaban J connectivity index is 2.36. The quantitative estimate of drug-likeness (QED) is 0.588. The maximum absolute atomic E-state index is 10.9. The molecule has 1 heterocycles. The molecule has 4 nitrogen and oxygen atoms in total. The van der Waals surface area contributed by atoms with Crippen LogP contribution in [0.5, 0.6) is 0 Å². The highest BCUT2D eigenvalue weighted by Crippen LogP contribution is 2.53.